The number of amides is 1. The summed E-state index contributed by atoms with van der Waals surface area (Å²) < 4.78 is 0. The van der Waals surface area contributed by atoms with E-state index in [1.807, 2.05) is 48.7 Å². The third kappa shape index (κ3) is 3.83. The van der Waals surface area contributed by atoms with Crippen molar-refractivity contribution in [2.45, 2.75) is 25.8 Å². The van der Waals surface area contributed by atoms with Gasteiger partial charge in [0.1, 0.15) is 0 Å². The molecule has 0 aliphatic carbocycles. The summed E-state index contributed by atoms with van der Waals surface area (Å²) in [7, 11) is 0. The number of aryl methyl sites for hydroxylation is 1. The van der Waals surface area contributed by atoms with Gasteiger partial charge in [-0.15, -0.1) is 11.3 Å². The lowest BCUT2D eigenvalue weighted by Crippen LogP contribution is -2.26. The predicted molar refractivity (Wildman–Crippen MR) is 80.1 cm³/mol. The predicted octanol–water partition coefficient (Wildman–Crippen LogP) is 3.14. The number of thiophene rings is 1. The van der Waals surface area contributed by atoms with E-state index in [1.54, 1.807) is 11.3 Å². The van der Waals surface area contributed by atoms with Crippen molar-refractivity contribution >= 4 is 22.9 Å². The monoisotopic (exact) mass is 274 g/mol. The van der Waals surface area contributed by atoms with Crippen molar-refractivity contribution in [3.8, 4) is 0 Å². The van der Waals surface area contributed by atoms with Crippen LogP contribution in [-0.4, -0.2) is 5.91 Å². The van der Waals surface area contributed by atoms with Crippen LogP contribution in [0.5, 0.6) is 0 Å². The smallest absolute Gasteiger partial charge is 0.220 e. The number of carbonyl (C=O) groups excluding carboxylic acids is 1. The van der Waals surface area contributed by atoms with Gasteiger partial charge in [-0.1, -0.05) is 24.3 Å². The first-order valence-electron chi connectivity index (χ1n) is 6.33. The highest BCUT2D eigenvalue weighted by Gasteiger charge is 2.10. The topological polar surface area (TPSA) is 55.1 Å². The Balaban J connectivity index is 1.84. The molecule has 0 fully saturated rings. The normalized spacial score (nSPS) is 12.1. The standard InChI is InChI=1S/C15H18N2OS/c1-11(14-7-4-10-19-14)17-15(18)9-8-12-5-2-3-6-13(12)16/h2-7,10-11H,8-9,16H2,1H3,(H,17,18). The maximum atomic E-state index is 11.9. The minimum Gasteiger partial charge on any atom is -0.399 e. The number of rotatable bonds is 5. The van der Waals surface area contributed by atoms with Crippen LogP contribution in [0.2, 0.25) is 0 Å². The van der Waals surface area contributed by atoms with Crippen LogP contribution < -0.4 is 11.1 Å². The zero-order valence-electron chi connectivity index (χ0n) is 10.9. The Kier molecular flexibility index (Phi) is 4.58. The summed E-state index contributed by atoms with van der Waals surface area (Å²) in [4.78, 5) is 13.1. The van der Waals surface area contributed by atoms with Crippen LogP contribution in [0.3, 0.4) is 0 Å². The number of nitrogen functional groups attached to an aromatic ring is 1. The highest BCUT2D eigenvalue weighted by Crippen LogP contribution is 2.18. The molecule has 2 aromatic rings. The Morgan fingerprint density at radius 2 is 2.11 bits per heavy atom. The average Bonchev–Trinajstić information content (AvgIpc) is 2.91. The minimum absolute atomic E-state index is 0.0594. The number of nitrogens with two attached hydrogens (primary N) is 1. The summed E-state index contributed by atoms with van der Waals surface area (Å²) in [5.41, 5.74) is 7.64. The summed E-state index contributed by atoms with van der Waals surface area (Å²) in [5.74, 6) is 0.0594. The lowest BCUT2D eigenvalue weighted by molar-refractivity contribution is -0.121. The lowest BCUT2D eigenvalue weighted by atomic mass is 10.1. The number of carbonyl (C=O) groups is 1. The van der Waals surface area contributed by atoms with Gasteiger partial charge < -0.3 is 11.1 Å². The first-order valence-corrected chi connectivity index (χ1v) is 7.21. The number of anilines is 1. The molecule has 3 nitrogen and oxygen atoms in total. The molecule has 1 amide bonds. The molecule has 0 bridgehead atoms. The van der Waals surface area contributed by atoms with Gasteiger partial charge in [0.25, 0.3) is 0 Å². The van der Waals surface area contributed by atoms with Gasteiger partial charge in [0.15, 0.2) is 0 Å². The van der Waals surface area contributed by atoms with Gasteiger partial charge in [-0.25, -0.2) is 0 Å². The fourth-order valence-corrected chi connectivity index (χ4v) is 2.67. The SMILES string of the molecule is CC(NC(=O)CCc1ccccc1N)c1cccs1. The number of benzene rings is 1. The van der Waals surface area contributed by atoms with Crippen molar-refractivity contribution in [1.82, 2.24) is 5.32 Å². The molecule has 4 heteroatoms. The second kappa shape index (κ2) is 6.38. The summed E-state index contributed by atoms with van der Waals surface area (Å²) >= 11 is 1.66. The van der Waals surface area contributed by atoms with Gasteiger partial charge >= 0.3 is 0 Å². The number of hydrogen-bond acceptors (Lipinski definition) is 3. The summed E-state index contributed by atoms with van der Waals surface area (Å²) in [6, 6.07) is 11.8. The zero-order chi connectivity index (χ0) is 13.7. The molecule has 0 aliphatic rings. The van der Waals surface area contributed by atoms with E-state index in [0.717, 1.165) is 11.3 Å². The molecule has 1 aromatic carbocycles. The van der Waals surface area contributed by atoms with Crippen molar-refractivity contribution < 1.29 is 4.79 Å². The van der Waals surface area contributed by atoms with Gasteiger partial charge in [-0.2, -0.15) is 0 Å². The van der Waals surface area contributed by atoms with E-state index in [4.69, 9.17) is 5.73 Å². The Morgan fingerprint density at radius 1 is 1.32 bits per heavy atom. The van der Waals surface area contributed by atoms with Crippen LogP contribution in [0.25, 0.3) is 0 Å². The third-order valence-corrected chi connectivity index (χ3v) is 4.08. The van der Waals surface area contributed by atoms with Gasteiger partial charge in [0.2, 0.25) is 5.91 Å². The summed E-state index contributed by atoms with van der Waals surface area (Å²) in [6.45, 7) is 2.00. The summed E-state index contributed by atoms with van der Waals surface area (Å²) in [5, 5.41) is 5.02. The minimum atomic E-state index is 0.0594. The first-order chi connectivity index (χ1) is 9.16. The van der Waals surface area contributed by atoms with E-state index >= 15 is 0 Å². The van der Waals surface area contributed by atoms with E-state index < -0.39 is 0 Å². The molecule has 1 aromatic heterocycles. The molecule has 0 saturated heterocycles. The first kappa shape index (κ1) is 13.6. The Bertz CT molecular complexity index is 537. The van der Waals surface area contributed by atoms with E-state index in [1.165, 1.54) is 4.88 Å². The molecule has 100 valence electrons. The Hall–Kier alpha value is -1.81. The van der Waals surface area contributed by atoms with Gasteiger partial charge in [0, 0.05) is 17.0 Å². The zero-order valence-corrected chi connectivity index (χ0v) is 11.7. The van der Waals surface area contributed by atoms with Crippen molar-refractivity contribution in [2.75, 3.05) is 5.73 Å². The maximum Gasteiger partial charge on any atom is 0.220 e. The van der Waals surface area contributed by atoms with E-state index in [9.17, 15) is 4.79 Å². The molecule has 0 saturated carbocycles. The largest absolute Gasteiger partial charge is 0.399 e. The molecule has 1 unspecified atom stereocenters. The number of para-hydroxylation sites is 1. The second-order valence-corrected chi connectivity index (χ2v) is 5.48. The van der Waals surface area contributed by atoms with E-state index in [2.05, 4.69) is 5.32 Å². The fraction of sp³-hybridized carbons (Fsp3) is 0.267. The maximum absolute atomic E-state index is 11.9. The van der Waals surface area contributed by atoms with Crippen LogP contribution in [0.1, 0.15) is 29.8 Å². The molecular weight excluding hydrogens is 256 g/mol. The van der Waals surface area contributed by atoms with Crippen molar-refractivity contribution in [3.05, 3.63) is 52.2 Å². The van der Waals surface area contributed by atoms with Crippen LogP contribution in [0, 0.1) is 0 Å². The van der Waals surface area contributed by atoms with Crippen molar-refractivity contribution in [2.24, 2.45) is 0 Å². The molecule has 19 heavy (non-hydrogen) atoms. The van der Waals surface area contributed by atoms with Crippen LogP contribution in [-0.2, 0) is 11.2 Å². The van der Waals surface area contributed by atoms with Crippen LogP contribution >= 0.6 is 11.3 Å². The number of hydrogen-bond donors (Lipinski definition) is 2. The van der Waals surface area contributed by atoms with Crippen LogP contribution in [0.4, 0.5) is 5.69 Å². The van der Waals surface area contributed by atoms with Crippen molar-refractivity contribution in [3.63, 3.8) is 0 Å². The Morgan fingerprint density at radius 3 is 2.79 bits per heavy atom. The molecule has 3 N–H and O–H groups in total. The molecule has 2 rings (SSSR count). The highest BCUT2D eigenvalue weighted by atomic mass is 32.1. The van der Waals surface area contributed by atoms with Crippen molar-refractivity contribution in [1.29, 1.82) is 0 Å². The lowest BCUT2D eigenvalue weighted by Gasteiger charge is -2.12. The number of nitrogens with one attached hydrogen (secondary N) is 1. The second-order valence-electron chi connectivity index (χ2n) is 4.50. The molecule has 0 aliphatic heterocycles. The van der Waals surface area contributed by atoms with Crippen LogP contribution in [0.15, 0.2) is 41.8 Å². The molecule has 0 radical (unpaired) electrons. The quantitative estimate of drug-likeness (QED) is 0.823. The van der Waals surface area contributed by atoms with Gasteiger partial charge in [0.05, 0.1) is 6.04 Å². The Labute approximate surface area is 117 Å². The molecule has 1 atom stereocenters. The highest BCUT2D eigenvalue weighted by molar-refractivity contribution is 7.10. The molecular formula is C15H18N2OS. The van der Waals surface area contributed by atoms with E-state index in [-0.39, 0.29) is 11.9 Å². The fourth-order valence-electron chi connectivity index (χ4n) is 1.93. The summed E-state index contributed by atoms with van der Waals surface area (Å²) in [6.07, 6.45) is 1.14. The van der Waals surface area contributed by atoms with Gasteiger partial charge in [-0.3, -0.25) is 4.79 Å². The molecule has 1 heterocycles. The van der Waals surface area contributed by atoms with E-state index in [0.29, 0.717) is 12.8 Å². The molecule has 0 spiro atoms. The third-order valence-electron chi connectivity index (χ3n) is 3.02. The van der Waals surface area contributed by atoms with Gasteiger partial charge in [-0.05, 0) is 36.4 Å². The average molecular weight is 274 g/mol.